The van der Waals surface area contributed by atoms with E-state index < -0.39 is 32.0 Å². The van der Waals surface area contributed by atoms with Gasteiger partial charge in [-0.2, -0.15) is 0 Å². The summed E-state index contributed by atoms with van der Waals surface area (Å²) in [6.07, 6.45) is 12.0. The van der Waals surface area contributed by atoms with E-state index >= 15 is 0 Å². The molecule has 36 heavy (non-hydrogen) atoms. The normalized spacial score (nSPS) is 14.1. The quantitative estimate of drug-likeness (QED) is 0.162. The number of rotatable bonds is 14. The van der Waals surface area contributed by atoms with Gasteiger partial charge in [-0.3, -0.25) is 4.79 Å². The Hall–Kier alpha value is -2.73. The van der Waals surface area contributed by atoms with Gasteiger partial charge in [0.1, 0.15) is 11.7 Å². The molecule has 0 saturated carbocycles. The molecule has 2 unspecified atom stereocenters. The fraction of sp³-hybridized carbons (Fsp3) is 0.429. The fourth-order valence-electron chi connectivity index (χ4n) is 3.95. The molecule has 0 aliphatic heterocycles. The van der Waals surface area contributed by atoms with Gasteiger partial charge in [-0.25, -0.2) is 4.79 Å². The maximum absolute atomic E-state index is 12.8. The summed E-state index contributed by atoms with van der Waals surface area (Å²) in [6.45, 7) is 8.27. The molecule has 1 aromatic heterocycles. The van der Waals surface area contributed by atoms with Crippen LogP contribution >= 0.6 is 8.38 Å². The van der Waals surface area contributed by atoms with Crippen LogP contribution in [-0.4, -0.2) is 43.5 Å². The highest BCUT2D eigenvalue weighted by Crippen LogP contribution is 2.34. The number of H-pyrrole nitrogens is 1. The summed E-state index contributed by atoms with van der Waals surface area (Å²) in [5.41, 5.74) is 4.26. The lowest BCUT2D eigenvalue weighted by Crippen LogP contribution is -2.46. The lowest BCUT2D eigenvalue weighted by atomic mass is 10.0. The molecule has 2 atom stereocenters. The van der Waals surface area contributed by atoms with Gasteiger partial charge in [0.05, 0.1) is 0 Å². The highest BCUT2D eigenvalue weighted by Gasteiger charge is 2.30. The topological polar surface area (TPSA) is 123 Å². The maximum Gasteiger partial charge on any atom is 0.326 e. The second kappa shape index (κ2) is 14.7. The van der Waals surface area contributed by atoms with E-state index in [0.29, 0.717) is 0 Å². The van der Waals surface area contributed by atoms with Crippen molar-refractivity contribution in [3.05, 3.63) is 71.0 Å². The highest BCUT2D eigenvalue weighted by atomic mass is 31.2. The van der Waals surface area contributed by atoms with Gasteiger partial charge in [0, 0.05) is 23.5 Å². The van der Waals surface area contributed by atoms with Crippen molar-refractivity contribution in [2.24, 2.45) is 0 Å². The van der Waals surface area contributed by atoms with Crippen molar-refractivity contribution >= 4 is 31.2 Å². The third-order valence-corrected chi connectivity index (χ3v) is 7.11. The summed E-state index contributed by atoms with van der Waals surface area (Å²) in [5, 5.41) is 13.1. The number of hydrogen-bond donors (Lipinski definition) is 5. The number of carboxylic acids is 1. The number of aromatic nitrogens is 1. The minimum atomic E-state index is -2.57. The minimum absolute atomic E-state index is 0.0841. The van der Waals surface area contributed by atoms with Gasteiger partial charge in [-0.15, -0.1) is 0 Å². The molecule has 0 aliphatic rings. The number of benzene rings is 1. The number of carboxylic acid groups (broad SMARTS) is 1. The van der Waals surface area contributed by atoms with Gasteiger partial charge in [0.2, 0.25) is 5.91 Å². The second-order valence-corrected chi connectivity index (χ2v) is 10.8. The van der Waals surface area contributed by atoms with E-state index in [1.165, 1.54) is 11.1 Å². The average Bonchev–Trinajstić information content (AvgIpc) is 3.21. The number of aromatic amines is 1. The van der Waals surface area contributed by atoms with Crippen molar-refractivity contribution in [2.75, 3.05) is 0 Å². The van der Waals surface area contributed by atoms with Crippen molar-refractivity contribution in [3.63, 3.8) is 0 Å². The van der Waals surface area contributed by atoms with Crippen molar-refractivity contribution in [3.8, 4) is 0 Å². The Morgan fingerprint density at radius 3 is 2.28 bits per heavy atom. The van der Waals surface area contributed by atoms with Gasteiger partial charge in [0.15, 0.2) is 8.38 Å². The first-order chi connectivity index (χ1) is 17.1. The monoisotopic (exact) mass is 514 g/mol. The smallest absolute Gasteiger partial charge is 0.326 e. The molecule has 7 nitrogen and oxygen atoms in total. The summed E-state index contributed by atoms with van der Waals surface area (Å²) in [4.78, 5) is 47.5. The van der Waals surface area contributed by atoms with Crippen LogP contribution in [0.25, 0.3) is 10.9 Å². The van der Waals surface area contributed by atoms with Crippen molar-refractivity contribution in [1.82, 2.24) is 10.3 Å². The number of carbonyl (C=O) groups is 2. The number of allylic oxidation sites excluding steroid dienone is 6. The molecule has 196 valence electrons. The molecule has 1 amide bonds. The molecule has 0 aliphatic carbocycles. The second-order valence-electron chi connectivity index (χ2n) is 9.49. The molecule has 5 N–H and O–H groups in total. The minimum Gasteiger partial charge on any atom is -0.480 e. The molecule has 8 heteroatoms. The Morgan fingerprint density at radius 1 is 1.00 bits per heavy atom. The zero-order chi connectivity index (χ0) is 26.7. The van der Waals surface area contributed by atoms with E-state index in [2.05, 4.69) is 43.2 Å². The van der Waals surface area contributed by atoms with Gasteiger partial charge in [-0.05, 0) is 71.4 Å². The number of aliphatic carboxylic acids is 1. The lowest BCUT2D eigenvalue weighted by Gasteiger charge is -2.20. The van der Waals surface area contributed by atoms with Crippen LogP contribution in [0.5, 0.6) is 0 Å². The Balaban J connectivity index is 1.95. The molecule has 0 fully saturated rings. The fourth-order valence-corrected chi connectivity index (χ4v) is 4.52. The van der Waals surface area contributed by atoms with Crippen molar-refractivity contribution in [2.45, 2.75) is 77.9 Å². The molecule has 2 aromatic rings. The van der Waals surface area contributed by atoms with Crippen LogP contribution in [0, 0.1) is 0 Å². The van der Waals surface area contributed by atoms with Crippen LogP contribution in [0.4, 0.5) is 0 Å². The standard InChI is InChI=1S/C28H39N2O5P/c1-19(2)9-7-10-20(3)11-8-12-21(4)15-16-26(36(34)35)27(31)30-25(28(32)33)17-22-18-29-24-14-6-5-13-23(22)24/h5-6,9,11,13-15,18,25-26,29,34-35H,7-8,10,12,16-17H2,1-4H3,(H,30,31)(H,32,33)/b20-11+,21-15+. The molecule has 1 heterocycles. The predicted molar refractivity (Wildman–Crippen MR) is 147 cm³/mol. The molecule has 0 radical (unpaired) electrons. The number of para-hydroxylation sites is 1. The van der Waals surface area contributed by atoms with E-state index in [1.807, 2.05) is 37.3 Å². The molecular formula is C28H39N2O5P. The van der Waals surface area contributed by atoms with E-state index in [0.717, 1.165) is 47.7 Å². The van der Waals surface area contributed by atoms with Gasteiger partial charge >= 0.3 is 5.97 Å². The third kappa shape index (κ3) is 9.73. The molecule has 0 spiro atoms. The van der Waals surface area contributed by atoms with E-state index in [9.17, 15) is 24.5 Å². The van der Waals surface area contributed by atoms with Gasteiger partial charge in [-0.1, -0.05) is 53.1 Å². The SMILES string of the molecule is CC(C)=CCC/C(C)=C/CC/C(C)=C/CC(C(=O)NC(Cc1c[nH]c2ccccc12)C(=O)O)P(O)O. The molecule has 2 rings (SSSR count). The summed E-state index contributed by atoms with van der Waals surface area (Å²) in [6, 6.07) is 6.35. The summed E-state index contributed by atoms with van der Waals surface area (Å²) < 4.78 is 0. The number of hydrogen-bond acceptors (Lipinski definition) is 4. The van der Waals surface area contributed by atoms with Crippen LogP contribution in [-0.2, 0) is 16.0 Å². The maximum atomic E-state index is 12.8. The van der Waals surface area contributed by atoms with Crippen molar-refractivity contribution in [1.29, 1.82) is 0 Å². The Bertz CT molecular complexity index is 1110. The van der Waals surface area contributed by atoms with E-state index in [-0.39, 0.29) is 12.8 Å². The first-order valence-electron chi connectivity index (χ1n) is 12.3. The summed E-state index contributed by atoms with van der Waals surface area (Å²) in [5.74, 6) is -1.84. The molecule has 1 aromatic carbocycles. The first-order valence-corrected chi connectivity index (χ1v) is 13.6. The van der Waals surface area contributed by atoms with E-state index in [1.54, 1.807) is 6.20 Å². The van der Waals surface area contributed by atoms with Crippen LogP contribution in [0.3, 0.4) is 0 Å². The summed E-state index contributed by atoms with van der Waals surface area (Å²) >= 11 is 0. The Labute approximate surface area is 214 Å². The number of fused-ring (bicyclic) bond motifs is 1. The molecular weight excluding hydrogens is 475 g/mol. The zero-order valence-corrected chi connectivity index (χ0v) is 22.5. The lowest BCUT2D eigenvalue weighted by molar-refractivity contribution is -0.141. The highest BCUT2D eigenvalue weighted by molar-refractivity contribution is 7.47. The van der Waals surface area contributed by atoms with Crippen LogP contribution in [0.1, 0.15) is 65.4 Å². The van der Waals surface area contributed by atoms with Crippen molar-refractivity contribution < 1.29 is 24.5 Å². The van der Waals surface area contributed by atoms with Crippen LogP contribution in [0.15, 0.2) is 65.4 Å². The molecule has 0 saturated heterocycles. The Morgan fingerprint density at radius 2 is 1.64 bits per heavy atom. The Kier molecular flexibility index (Phi) is 12.1. The largest absolute Gasteiger partial charge is 0.480 e. The number of amides is 1. The predicted octanol–water partition coefficient (Wildman–Crippen LogP) is 5.75. The number of carbonyl (C=O) groups excluding carboxylic acids is 1. The molecule has 0 bridgehead atoms. The summed E-state index contributed by atoms with van der Waals surface area (Å²) in [7, 11) is -2.57. The number of nitrogens with one attached hydrogen (secondary N) is 2. The van der Waals surface area contributed by atoms with E-state index in [4.69, 9.17) is 0 Å². The van der Waals surface area contributed by atoms with Crippen LogP contribution in [0.2, 0.25) is 0 Å². The average molecular weight is 515 g/mol. The van der Waals surface area contributed by atoms with Gasteiger partial charge in [0.25, 0.3) is 0 Å². The van der Waals surface area contributed by atoms with Gasteiger partial charge < -0.3 is 25.2 Å². The van der Waals surface area contributed by atoms with Crippen LogP contribution < -0.4 is 5.32 Å². The first kappa shape index (κ1) is 29.5. The zero-order valence-electron chi connectivity index (χ0n) is 21.6. The third-order valence-electron chi connectivity index (χ3n) is 6.11.